The molecule has 1 N–H and O–H groups in total. The van der Waals surface area contributed by atoms with Crippen molar-refractivity contribution in [3.63, 3.8) is 0 Å². The number of nitrogens with zero attached hydrogens (tertiary/aromatic N) is 2. The lowest BCUT2D eigenvalue weighted by atomic mass is 10.00. The zero-order valence-corrected chi connectivity index (χ0v) is 23.4. The van der Waals surface area contributed by atoms with Crippen LogP contribution < -0.4 is 14.8 Å². The van der Waals surface area contributed by atoms with Gasteiger partial charge in [0.25, 0.3) is 0 Å². The molecule has 38 heavy (non-hydrogen) atoms. The van der Waals surface area contributed by atoms with Crippen LogP contribution in [0.5, 0.6) is 11.5 Å². The van der Waals surface area contributed by atoms with E-state index in [0.717, 1.165) is 24.0 Å². The molecule has 4 rings (SSSR count). The number of carbonyl (C=O) groups is 2. The van der Waals surface area contributed by atoms with Gasteiger partial charge in [-0.25, -0.2) is 4.79 Å². The van der Waals surface area contributed by atoms with Gasteiger partial charge >= 0.3 is 6.03 Å². The summed E-state index contributed by atoms with van der Waals surface area (Å²) < 4.78 is 11.6. The highest BCUT2D eigenvalue weighted by Gasteiger charge is 2.34. The van der Waals surface area contributed by atoms with Crippen LogP contribution in [0.3, 0.4) is 0 Å². The molecule has 0 saturated carbocycles. The summed E-state index contributed by atoms with van der Waals surface area (Å²) in [6.45, 7) is 7.59. The summed E-state index contributed by atoms with van der Waals surface area (Å²) in [7, 11) is 1.61. The number of aryl methyl sites for hydroxylation is 1. The fourth-order valence-electron chi connectivity index (χ4n) is 4.60. The molecule has 2 aromatic carbocycles. The lowest BCUT2D eigenvalue weighted by molar-refractivity contribution is -0.135. The quantitative estimate of drug-likeness (QED) is 0.338. The van der Waals surface area contributed by atoms with Crippen LogP contribution in [0.1, 0.15) is 42.3 Å². The van der Waals surface area contributed by atoms with Crippen LogP contribution in [0.25, 0.3) is 0 Å². The second-order valence-corrected chi connectivity index (χ2v) is 10.8. The van der Waals surface area contributed by atoms with Crippen molar-refractivity contribution in [1.82, 2.24) is 9.80 Å². The van der Waals surface area contributed by atoms with E-state index >= 15 is 0 Å². The van der Waals surface area contributed by atoms with Gasteiger partial charge in [-0.3, -0.25) is 4.79 Å². The number of carbonyl (C=O) groups excluding carboxylic acids is 2. The Morgan fingerprint density at radius 3 is 2.58 bits per heavy atom. The highest BCUT2D eigenvalue weighted by molar-refractivity contribution is 7.10. The van der Waals surface area contributed by atoms with Gasteiger partial charge in [-0.05, 0) is 60.5 Å². The van der Waals surface area contributed by atoms with Crippen LogP contribution in [0, 0.1) is 12.8 Å². The average molecular weight is 536 g/mol. The Labute approximate surface area is 229 Å². The Hall–Kier alpha value is -3.52. The van der Waals surface area contributed by atoms with E-state index in [0.29, 0.717) is 36.9 Å². The number of thiophene rings is 1. The molecule has 0 saturated heterocycles. The predicted octanol–water partition coefficient (Wildman–Crippen LogP) is 6.15. The lowest BCUT2D eigenvalue weighted by Gasteiger charge is -2.37. The first-order chi connectivity index (χ1) is 18.4. The summed E-state index contributed by atoms with van der Waals surface area (Å²) >= 11 is 1.71. The Kier molecular flexibility index (Phi) is 9.29. The van der Waals surface area contributed by atoms with Gasteiger partial charge in [-0.1, -0.05) is 50.1 Å². The molecule has 3 aromatic rings. The first-order valence-electron chi connectivity index (χ1n) is 13.1. The molecule has 3 amide bonds. The number of anilines is 1. The molecule has 2 atom stereocenters. The van der Waals surface area contributed by atoms with Crippen LogP contribution in [-0.2, 0) is 11.2 Å². The van der Waals surface area contributed by atoms with E-state index in [4.69, 9.17) is 9.47 Å². The Morgan fingerprint density at radius 1 is 1.13 bits per heavy atom. The van der Waals surface area contributed by atoms with Gasteiger partial charge in [0, 0.05) is 23.7 Å². The second kappa shape index (κ2) is 12.8. The van der Waals surface area contributed by atoms with Crippen LogP contribution in [0.4, 0.5) is 10.5 Å². The minimum atomic E-state index is -0.266. The normalized spacial score (nSPS) is 15.4. The van der Waals surface area contributed by atoms with E-state index < -0.39 is 0 Å². The molecule has 0 fully saturated rings. The van der Waals surface area contributed by atoms with Crippen molar-refractivity contribution in [3.8, 4) is 11.5 Å². The SMILES string of the molecule is CC[C@@H](C)CN(CC(=O)N1CCc2sccc2[C@H]1COc1ccccc1OC)C(=O)Nc1ccc(C)cc1. The third-order valence-corrected chi connectivity index (χ3v) is 8.02. The molecule has 7 nitrogen and oxygen atoms in total. The van der Waals surface area contributed by atoms with Crippen LogP contribution in [0.2, 0.25) is 0 Å². The van der Waals surface area contributed by atoms with E-state index in [9.17, 15) is 9.59 Å². The van der Waals surface area contributed by atoms with Crippen molar-refractivity contribution in [2.45, 2.75) is 39.7 Å². The van der Waals surface area contributed by atoms with Gasteiger partial charge in [0.1, 0.15) is 13.2 Å². The van der Waals surface area contributed by atoms with Crippen LogP contribution in [0.15, 0.2) is 60.0 Å². The number of amides is 3. The van der Waals surface area contributed by atoms with Crippen molar-refractivity contribution in [2.75, 3.05) is 38.7 Å². The third kappa shape index (κ3) is 6.67. The molecule has 0 bridgehead atoms. The first kappa shape index (κ1) is 27.5. The maximum atomic E-state index is 13.8. The summed E-state index contributed by atoms with van der Waals surface area (Å²) in [5.74, 6) is 1.47. The van der Waals surface area contributed by atoms with Gasteiger partial charge < -0.3 is 24.6 Å². The number of ether oxygens (including phenoxy) is 2. The molecule has 0 spiro atoms. The van der Waals surface area contributed by atoms with Gasteiger partial charge in [0.05, 0.1) is 13.2 Å². The number of methoxy groups -OCH3 is 1. The predicted molar refractivity (Wildman–Crippen MR) is 152 cm³/mol. The maximum absolute atomic E-state index is 13.8. The molecule has 2 heterocycles. The average Bonchev–Trinajstić information content (AvgIpc) is 3.41. The third-order valence-electron chi connectivity index (χ3n) is 7.03. The summed E-state index contributed by atoms with van der Waals surface area (Å²) in [4.78, 5) is 31.9. The topological polar surface area (TPSA) is 71.1 Å². The standard InChI is InChI=1S/C30H37N3O4S/c1-5-21(2)18-32(30(35)31-23-12-10-22(3)11-13-23)19-29(34)33-16-14-28-24(15-17-38-28)25(33)20-37-27-9-7-6-8-26(27)36-4/h6-13,15,17,21,25H,5,14,16,18-20H2,1-4H3,(H,31,35)/t21-,25-/m1/s1. The van der Waals surface area contributed by atoms with E-state index in [1.54, 1.807) is 23.3 Å². The van der Waals surface area contributed by atoms with Gasteiger partial charge in [0.2, 0.25) is 5.91 Å². The number of benzene rings is 2. The first-order valence-corrected chi connectivity index (χ1v) is 14.0. The Bertz CT molecular complexity index is 1230. The monoisotopic (exact) mass is 535 g/mol. The number of hydrogen-bond donors (Lipinski definition) is 1. The Morgan fingerprint density at radius 2 is 1.87 bits per heavy atom. The van der Waals surface area contributed by atoms with Crippen LogP contribution >= 0.6 is 11.3 Å². The summed E-state index contributed by atoms with van der Waals surface area (Å²) in [6, 6.07) is 16.8. The fourth-order valence-corrected chi connectivity index (χ4v) is 5.53. The maximum Gasteiger partial charge on any atom is 0.322 e. The minimum Gasteiger partial charge on any atom is -0.493 e. The molecule has 0 aliphatic carbocycles. The molecule has 202 valence electrons. The van der Waals surface area contributed by atoms with Crippen molar-refractivity contribution in [2.24, 2.45) is 5.92 Å². The summed E-state index contributed by atoms with van der Waals surface area (Å²) in [5, 5.41) is 5.04. The van der Waals surface area contributed by atoms with E-state index in [-0.39, 0.29) is 30.4 Å². The number of nitrogens with one attached hydrogen (secondary N) is 1. The zero-order chi connectivity index (χ0) is 27.1. The molecule has 0 radical (unpaired) electrons. The molecular weight excluding hydrogens is 498 g/mol. The molecule has 0 unspecified atom stereocenters. The highest BCUT2D eigenvalue weighted by atomic mass is 32.1. The second-order valence-electron chi connectivity index (χ2n) is 9.80. The molecule has 1 aliphatic rings. The smallest absolute Gasteiger partial charge is 0.322 e. The van der Waals surface area contributed by atoms with Crippen molar-refractivity contribution in [3.05, 3.63) is 76.0 Å². The van der Waals surface area contributed by atoms with E-state index in [2.05, 4.69) is 30.6 Å². The largest absolute Gasteiger partial charge is 0.493 e. The lowest BCUT2D eigenvalue weighted by Crippen LogP contribution is -2.49. The van der Waals surface area contributed by atoms with Gasteiger partial charge in [0.15, 0.2) is 11.5 Å². The van der Waals surface area contributed by atoms with E-state index in [1.807, 2.05) is 60.4 Å². The number of hydrogen-bond acceptors (Lipinski definition) is 5. The number of urea groups is 1. The molecule has 1 aromatic heterocycles. The number of rotatable bonds is 10. The molecule has 8 heteroatoms. The summed E-state index contributed by atoms with van der Waals surface area (Å²) in [6.07, 6.45) is 1.71. The summed E-state index contributed by atoms with van der Waals surface area (Å²) in [5.41, 5.74) is 2.95. The highest BCUT2D eigenvalue weighted by Crippen LogP contribution is 2.35. The van der Waals surface area contributed by atoms with Crippen molar-refractivity contribution >= 4 is 29.0 Å². The van der Waals surface area contributed by atoms with E-state index in [1.165, 1.54) is 4.88 Å². The zero-order valence-electron chi connectivity index (χ0n) is 22.6. The molecular formula is C30H37N3O4S. The minimum absolute atomic E-state index is 0.00661. The number of para-hydroxylation sites is 2. The van der Waals surface area contributed by atoms with Gasteiger partial charge in [-0.15, -0.1) is 11.3 Å². The fraction of sp³-hybridized carbons (Fsp3) is 0.400. The number of fused-ring (bicyclic) bond motifs is 1. The van der Waals surface area contributed by atoms with Gasteiger partial charge in [-0.2, -0.15) is 0 Å². The Balaban J connectivity index is 1.51. The van der Waals surface area contributed by atoms with Crippen molar-refractivity contribution < 1.29 is 19.1 Å². The van der Waals surface area contributed by atoms with Crippen LogP contribution in [-0.4, -0.2) is 55.1 Å². The molecule has 1 aliphatic heterocycles. The van der Waals surface area contributed by atoms with Crippen molar-refractivity contribution in [1.29, 1.82) is 0 Å².